The van der Waals surface area contributed by atoms with E-state index in [0.717, 1.165) is 0 Å². The highest BCUT2D eigenvalue weighted by molar-refractivity contribution is 5.47. The molecule has 7 heteroatoms. The molecular weight excluding hydrogens is 285 g/mol. The minimum absolute atomic E-state index is 0.308. The maximum absolute atomic E-state index is 14.1. The lowest BCUT2D eigenvalue weighted by atomic mass is 10.1. The van der Waals surface area contributed by atoms with Gasteiger partial charge in [-0.15, -0.1) is 15.3 Å². The van der Waals surface area contributed by atoms with Crippen LogP contribution in [0.15, 0.2) is 30.3 Å². The smallest absolute Gasteiger partial charge is 0.178 e. The summed E-state index contributed by atoms with van der Waals surface area (Å²) in [5, 5.41) is 15.5. The molecule has 0 aliphatic carbocycles. The van der Waals surface area contributed by atoms with Gasteiger partial charge in [0.15, 0.2) is 11.5 Å². The third kappa shape index (κ3) is 2.45. The van der Waals surface area contributed by atoms with Crippen molar-refractivity contribution in [1.82, 2.24) is 19.8 Å². The predicted octanol–water partition coefficient (Wildman–Crippen LogP) is 2.75. The van der Waals surface area contributed by atoms with Crippen LogP contribution in [0.2, 0.25) is 0 Å². The highest BCUT2D eigenvalue weighted by atomic mass is 19.1. The van der Waals surface area contributed by atoms with Gasteiger partial charge in [-0.1, -0.05) is 6.07 Å². The molecule has 0 amide bonds. The van der Waals surface area contributed by atoms with Crippen LogP contribution in [-0.2, 0) is 0 Å². The Balaban J connectivity index is 1.92. The van der Waals surface area contributed by atoms with Gasteiger partial charge in [0.05, 0.1) is 18.7 Å². The van der Waals surface area contributed by atoms with Crippen LogP contribution in [0.3, 0.4) is 0 Å². The van der Waals surface area contributed by atoms with Gasteiger partial charge in [0.2, 0.25) is 0 Å². The Hall–Kier alpha value is -2.70. The number of nitrogens with one attached hydrogen (secondary N) is 1. The van der Waals surface area contributed by atoms with E-state index in [2.05, 4.69) is 20.6 Å². The van der Waals surface area contributed by atoms with E-state index in [1.807, 2.05) is 13.8 Å². The first-order valence-corrected chi connectivity index (χ1v) is 6.88. The molecule has 0 unspecified atom stereocenters. The summed E-state index contributed by atoms with van der Waals surface area (Å²) < 4.78 is 21.0. The molecule has 1 N–H and O–H groups in total. The Kier molecular flexibility index (Phi) is 3.62. The van der Waals surface area contributed by atoms with E-state index in [9.17, 15) is 4.39 Å². The van der Waals surface area contributed by atoms with Crippen molar-refractivity contribution in [3.05, 3.63) is 47.5 Å². The number of nitrogens with zero attached hydrogens (tertiary/aromatic N) is 4. The summed E-state index contributed by atoms with van der Waals surface area (Å²) in [7, 11) is 1.52. The van der Waals surface area contributed by atoms with Crippen LogP contribution in [0.5, 0.6) is 5.75 Å². The summed E-state index contributed by atoms with van der Waals surface area (Å²) in [6.45, 7) is 3.67. The highest BCUT2D eigenvalue weighted by Gasteiger charge is 2.17. The summed E-state index contributed by atoms with van der Waals surface area (Å²) in [6, 6.07) is 8.05. The summed E-state index contributed by atoms with van der Waals surface area (Å²) in [4.78, 5) is 0. The first-order valence-electron chi connectivity index (χ1n) is 6.88. The number of aryl methyl sites for hydroxylation is 1. The number of halogens is 1. The molecule has 3 rings (SSSR count). The van der Waals surface area contributed by atoms with E-state index in [0.29, 0.717) is 28.6 Å². The van der Waals surface area contributed by atoms with Gasteiger partial charge in [0.25, 0.3) is 0 Å². The number of ether oxygens (including phenoxy) is 1. The number of rotatable bonds is 4. The van der Waals surface area contributed by atoms with Crippen LogP contribution >= 0.6 is 0 Å². The third-order valence-electron chi connectivity index (χ3n) is 3.45. The van der Waals surface area contributed by atoms with Crippen molar-refractivity contribution in [2.24, 2.45) is 0 Å². The van der Waals surface area contributed by atoms with Crippen molar-refractivity contribution in [3.63, 3.8) is 0 Å². The van der Waals surface area contributed by atoms with Gasteiger partial charge in [-0.05, 0) is 38.1 Å². The van der Waals surface area contributed by atoms with Crippen molar-refractivity contribution in [2.45, 2.75) is 19.9 Å². The molecule has 1 aromatic carbocycles. The number of fused-ring (bicyclic) bond motifs is 1. The van der Waals surface area contributed by atoms with Crippen molar-refractivity contribution >= 4 is 11.5 Å². The Bertz CT molecular complexity index is 817. The van der Waals surface area contributed by atoms with Crippen molar-refractivity contribution in [1.29, 1.82) is 0 Å². The van der Waals surface area contributed by atoms with Crippen molar-refractivity contribution < 1.29 is 9.13 Å². The molecule has 114 valence electrons. The quantitative estimate of drug-likeness (QED) is 0.802. The molecule has 1 atom stereocenters. The minimum atomic E-state index is -0.319. The largest absolute Gasteiger partial charge is 0.496 e. The van der Waals surface area contributed by atoms with Crippen LogP contribution in [0, 0.1) is 12.7 Å². The van der Waals surface area contributed by atoms with Gasteiger partial charge in [-0.25, -0.2) is 4.39 Å². The van der Waals surface area contributed by atoms with E-state index in [1.165, 1.54) is 13.2 Å². The normalized spacial score (nSPS) is 12.4. The zero-order valence-corrected chi connectivity index (χ0v) is 12.5. The molecular formula is C15H16FN5O. The van der Waals surface area contributed by atoms with Crippen LogP contribution in [0.1, 0.15) is 24.4 Å². The Morgan fingerprint density at radius 1 is 1.23 bits per heavy atom. The molecule has 0 fully saturated rings. The fourth-order valence-electron chi connectivity index (χ4n) is 2.38. The maximum Gasteiger partial charge on any atom is 0.178 e. The number of aromatic nitrogens is 4. The fraction of sp³-hybridized carbons (Fsp3) is 0.267. The van der Waals surface area contributed by atoms with Gasteiger partial charge in [-0.2, -0.15) is 4.52 Å². The van der Waals surface area contributed by atoms with E-state index < -0.39 is 0 Å². The van der Waals surface area contributed by atoms with Crippen LogP contribution in [-0.4, -0.2) is 26.9 Å². The number of benzene rings is 1. The fourth-order valence-corrected chi connectivity index (χ4v) is 2.38. The maximum atomic E-state index is 14.1. The molecule has 0 radical (unpaired) electrons. The zero-order chi connectivity index (χ0) is 15.7. The van der Waals surface area contributed by atoms with Gasteiger partial charge in [0, 0.05) is 0 Å². The number of hydrogen-bond donors (Lipinski definition) is 1. The summed E-state index contributed by atoms with van der Waals surface area (Å²) in [6.07, 6.45) is 0. The third-order valence-corrected chi connectivity index (χ3v) is 3.45. The van der Waals surface area contributed by atoms with Gasteiger partial charge >= 0.3 is 0 Å². The average Bonchev–Trinajstić information content (AvgIpc) is 2.88. The first-order chi connectivity index (χ1) is 10.6. The second-order valence-electron chi connectivity index (χ2n) is 4.96. The van der Waals surface area contributed by atoms with E-state index in [1.54, 1.807) is 28.8 Å². The molecule has 6 nitrogen and oxygen atoms in total. The minimum Gasteiger partial charge on any atom is -0.496 e. The molecule has 22 heavy (non-hydrogen) atoms. The van der Waals surface area contributed by atoms with E-state index >= 15 is 0 Å². The van der Waals surface area contributed by atoms with Crippen molar-refractivity contribution in [2.75, 3.05) is 12.4 Å². The Labute approximate surface area is 126 Å². The van der Waals surface area contributed by atoms with Gasteiger partial charge in [-0.3, -0.25) is 0 Å². The standard InChI is InChI=1S/C15H16FN5O/c1-9(15-11(16)5-4-6-12(15)22-3)17-13-7-8-14-19-18-10(2)21(14)20-13/h4-9H,1-3H3,(H,17,20)/t9-/m0/s1. The van der Waals surface area contributed by atoms with E-state index in [4.69, 9.17) is 4.74 Å². The topological polar surface area (TPSA) is 64.3 Å². The van der Waals surface area contributed by atoms with Crippen LogP contribution in [0.4, 0.5) is 10.2 Å². The molecule has 0 saturated carbocycles. The summed E-state index contributed by atoms with van der Waals surface area (Å²) in [5.74, 6) is 1.48. The molecule has 0 spiro atoms. The molecule has 0 aliphatic rings. The molecule has 2 aromatic heterocycles. The number of anilines is 1. The average molecular weight is 301 g/mol. The van der Waals surface area contributed by atoms with Gasteiger partial charge < -0.3 is 10.1 Å². The highest BCUT2D eigenvalue weighted by Crippen LogP contribution is 2.29. The number of hydrogen-bond acceptors (Lipinski definition) is 5. The van der Waals surface area contributed by atoms with Crippen molar-refractivity contribution in [3.8, 4) is 5.75 Å². The molecule has 3 aromatic rings. The van der Waals surface area contributed by atoms with Gasteiger partial charge in [0.1, 0.15) is 17.4 Å². The first kappa shape index (κ1) is 14.2. The van der Waals surface area contributed by atoms with E-state index in [-0.39, 0.29) is 11.9 Å². The molecule has 0 bridgehead atoms. The monoisotopic (exact) mass is 301 g/mol. The molecule has 2 heterocycles. The van der Waals surface area contributed by atoms with Crippen LogP contribution in [0.25, 0.3) is 5.65 Å². The second-order valence-corrected chi connectivity index (χ2v) is 4.96. The zero-order valence-electron chi connectivity index (χ0n) is 12.5. The predicted molar refractivity (Wildman–Crippen MR) is 80.5 cm³/mol. The lowest BCUT2D eigenvalue weighted by Crippen LogP contribution is -2.12. The number of methoxy groups -OCH3 is 1. The molecule has 0 aliphatic heterocycles. The lowest BCUT2D eigenvalue weighted by molar-refractivity contribution is 0.402. The summed E-state index contributed by atoms with van der Waals surface area (Å²) >= 11 is 0. The SMILES string of the molecule is COc1cccc(F)c1[C@H](C)Nc1ccc2nnc(C)n2n1. The Morgan fingerprint density at radius 3 is 2.82 bits per heavy atom. The summed E-state index contributed by atoms with van der Waals surface area (Å²) in [5.41, 5.74) is 1.13. The van der Waals surface area contributed by atoms with Crippen LogP contribution < -0.4 is 10.1 Å². The lowest BCUT2D eigenvalue weighted by Gasteiger charge is -2.18. The molecule has 0 saturated heterocycles. The second kappa shape index (κ2) is 5.59. The Morgan fingerprint density at radius 2 is 2.05 bits per heavy atom.